The molecule has 0 aliphatic heterocycles. The van der Waals surface area contributed by atoms with Crippen LogP contribution in [0.3, 0.4) is 0 Å². The van der Waals surface area contributed by atoms with Crippen molar-refractivity contribution in [1.82, 2.24) is 5.32 Å². The molecule has 0 radical (unpaired) electrons. The van der Waals surface area contributed by atoms with E-state index in [1.165, 1.54) is 0 Å². The van der Waals surface area contributed by atoms with Crippen molar-refractivity contribution in [2.45, 2.75) is 46.6 Å². The van der Waals surface area contributed by atoms with Gasteiger partial charge in [-0.25, -0.2) is 0 Å². The molecule has 1 rings (SSSR count). The summed E-state index contributed by atoms with van der Waals surface area (Å²) in [4.78, 5) is 34.4. The topological polar surface area (TPSA) is 105 Å². The number of ether oxygens (including phenoxy) is 1. The molecular formula is C18H26N2O5. The van der Waals surface area contributed by atoms with E-state index in [2.05, 4.69) is 10.6 Å². The Morgan fingerprint density at radius 1 is 1.16 bits per heavy atom. The fourth-order valence-electron chi connectivity index (χ4n) is 1.78. The summed E-state index contributed by atoms with van der Waals surface area (Å²) in [6.07, 6.45) is 0.491. The molecule has 3 N–H and O–H groups in total. The van der Waals surface area contributed by atoms with E-state index in [-0.39, 0.29) is 18.2 Å². The highest BCUT2D eigenvalue weighted by Crippen LogP contribution is 2.17. The molecule has 0 fully saturated rings. The molecule has 0 heterocycles. The van der Waals surface area contributed by atoms with Gasteiger partial charge in [0.25, 0.3) is 0 Å². The molecule has 25 heavy (non-hydrogen) atoms. The Labute approximate surface area is 147 Å². The highest BCUT2D eigenvalue weighted by atomic mass is 16.5. The number of nitrogens with one attached hydrogen (secondary N) is 2. The summed E-state index contributed by atoms with van der Waals surface area (Å²) in [5.41, 5.74) is 0.0218. The van der Waals surface area contributed by atoms with Crippen molar-refractivity contribution < 1.29 is 24.2 Å². The van der Waals surface area contributed by atoms with Gasteiger partial charge in [0.15, 0.2) is 0 Å². The van der Waals surface area contributed by atoms with Crippen LogP contribution in [-0.2, 0) is 14.4 Å². The zero-order valence-electron chi connectivity index (χ0n) is 15.1. The Balaban J connectivity index is 2.47. The third-order valence-electron chi connectivity index (χ3n) is 3.35. The number of anilines is 1. The molecular weight excluding hydrogens is 324 g/mol. The summed E-state index contributed by atoms with van der Waals surface area (Å²) in [6.45, 7) is 7.28. The van der Waals surface area contributed by atoms with Crippen LogP contribution >= 0.6 is 0 Å². The van der Waals surface area contributed by atoms with Crippen LogP contribution in [0.25, 0.3) is 0 Å². The van der Waals surface area contributed by atoms with Crippen molar-refractivity contribution in [3.05, 3.63) is 24.3 Å². The molecule has 1 unspecified atom stereocenters. The molecule has 2 amide bonds. The van der Waals surface area contributed by atoms with Gasteiger partial charge in [-0.3, -0.25) is 14.4 Å². The summed E-state index contributed by atoms with van der Waals surface area (Å²) in [5, 5.41) is 13.9. The molecule has 0 aliphatic carbocycles. The van der Waals surface area contributed by atoms with Crippen LogP contribution in [-0.4, -0.2) is 35.5 Å². The van der Waals surface area contributed by atoms with Crippen LogP contribution < -0.4 is 15.4 Å². The fraction of sp³-hybridized carbons (Fsp3) is 0.500. The summed E-state index contributed by atoms with van der Waals surface area (Å²) in [7, 11) is 0. The number of rotatable bonds is 8. The standard InChI is InChI=1S/C18H26N2O5/c1-12(19-17(24)18(2,3)4)16(23)20-13-7-9-14(10-8-13)25-11-5-6-15(21)22/h7-10,12H,5-6,11H2,1-4H3,(H,19,24)(H,20,23)(H,21,22). The first-order chi connectivity index (χ1) is 11.6. The molecule has 0 bridgehead atoms. The first kappa shape index (κ1) is 20.5. The van der Waals surface area contributed by atoms with E-state index in [4.69, 9.17) is 9.84 Å². The number of carboxylic acids is 1. The normalized spacial score (nSPS) is 12.2. The molecule has 0 aromatic heterocycles. The molecule has 138 valence electrons. The summed E-state index contributed by atoms with van der Waals surface area (Å²) in [6, 6.07) is 6.09. The van der Waals surface area contributed by atoms with Crippen molar-refractivity contribution in [2.24, 2.45) is 5.41 Å². The number of aliphatic carboxylic acids is 1. The van der Waals surface area contributed by atoms with Gasteiger partial charge in [-0.05, 0) is 37.6 Å². The predicted octanol–water partition coefficient (Wildman–Crippen LogP) is 2.42. The number of carbonyl (C=O) groups is 3. The number of benzene rings is 1. The average Bonchev–Trinajstić information content (AvgIpc) is 2.51. The average molecular weight is 350 g/mol. The van der Waals surface area contributed by atoms with E-state index in [1.807, 2.05) is 0 Å². The SMILES string of the molecule is CC(NC(=O)C(C)(C)C)C(=O)Nc1ccc(OCCCC(=O)O)cc1. The van der Waals surface area contributed by atoms with Gasteiger partial charge in [0.2, 0.25) is 11.8 Å². The Morgan fingerprint density at radius 2 is 1.76 bits per heavy atom. The zero-order chi connectivity index (χ0) is 19.0. The van der Waals surface area contributed by atoms with Crippen molar-refractivity contribution in [1.29, 1.82) is 0 Å². The van der Waals surface area contributed by atoms with Crippen LogP contribution in [0.15, 0.2) is 24.3 Å². The van der Waals surface area contributed by atoms with E-state index in [0.717, 1.165) is 0 Å². The van der Waals surface area contributed by atoms with Crippen molar-refractivity contribution >= 4 is 23.5 Å². The summed E-state index contributed by atoms with van der Waals surface area (Å²) in [5.74, 6) is -0.764. The third kappa shape index (κ3) is 7.69. The maximum atomic E-state index is 12.1. The third-order valence-corrected chi connectivity index (χ3v) is 3.35. The Morgan fingerprint density at radius 3 is 2.28 bits per heavy atom. The molecule has 0 spiro atoms. The van der Waals surface area contributed by atoms with E-state index >= 15 is 0 Å². The number of hydrogen-bond donors (Lipinski definition) is 3. The van der Waals surface area contributed by atoms with Gasteiger partial charge in [-0.1, -0.05) is 20.8 Å². The molecule has 0 saturated carbocycles. The Bertz CT molecular complexity index is 605. The second kappa shape index (κ2) is 9.05. The lowest BCUT2D eigenvalue weighted by Crippen LogP contribution is -2.46. The van der Waals surface area contributed by atoms with Gasteiger partial charge in [-0.2, -0.15) is 0 Å². The van der Waals surface area contributed by atoms with E-state index in [0.29, 0.717) is 24.5 Å². The van der Waals surface area contributed by atoms with E-state index < -0.39 is 17.4 Å². The van der Waals surface area contributed by atoms with Gasteiger partial charge in [-0.15, -0.1) is 0 Å². The molecule has 0 aliphatic rings. The van der Waals surface area contributed by atoms with Crippen LogP contribution in [0.1, 0.15) is 40.5 Å². The van der Waals surface area contributed by atoms with Gasteiger partial charge in [0.05, 0.1) is 6.61 Å². The quantitative estimate of drug-likeness (QED) is 0.625. The minimum absolute atomic E-state index is 0.0618. The first-order valence-corrected chi connectivity index (χ1v) is 8.16. The maximum absolute atomic E-state index is 12.1. The zero-order valence-corrected chi connectivity index (χ0v) is 15.1. The lowest BCUT2D eigenvalue weighted by Gasteiger charge is -2.21. The summed E-state index contributed by atoms with van der Waals surface area (Å²) >= 11 is 0. The lowest BCUT2D eigenvalue weighted by atomic mass is 9.95. The largest absolute Gasteiger partial charge is 0.494 e. The van der Waals surface area contributed by atoms with Crippen molar-refractivity contribution in [3.8, 4) is 5.75 Å². The monoisotopic (exact) mass is 350 g/mol. The number of hydrogen-bond acceptors (Lipinski definition) is 4. The van der Waals surface area contributed by atoms with E-state index in [9.17, 15) is 14.4 Å². The van der Waals surface area contributed by atoms with Crippen LogP contribution in [0, 0.1) is 5.41 Å². The van der Waals surface area contributed by atoms with Crippen molar-refractivity contribution in [2.75, 3.05) is 11.9 Å². The lowest BCUT2D eigenvalue weighted by molar-refractivity contribution is -0.137. The second-order valence-electron chi connectivity index (χ2n) is 6.80. The van der Waals surface area contributed by atoms with Crippen molar-refractivity contribution in [3.63, 3.8) is 0 Å². The van der Waals surface area contributed by atoms with Gasteiger partial charge in [0.1, 0.15) is 11.8 Å². The minimum atomic E-state index is -0.852. The smallest absolute Gasteiger partial charge is 0.303 e. The van der Waals surface area contributed by atoms with Crippen LogP contribution in [0.2, 0.25) is 0 Å². The van der Waals surface area contributed by atoms with Crippen LogP contribution in [0.5, 0.6) is 5.75 Å². The van der Waals surface area contributed by atoms with E-state index in [1.54, 1.807) is 52.0 Å². The number of amides is 2. The Hall–Kier alpha value is -2.57. The van der Waals surface area contributed by atoms with Gasteiger partial charge >= 0.3 is 5.97 Å². The fourth-order valence-corrected chi connectivity index (χ4v) is 1.78. The number of carbonyl (C=O) groups excluding carboxylic acids is 2. The molecule has 1 aromatic rings. The molecule has 1 atom stereocenters. The maximum Gasteiger partial charge on any atom is 0.303 e. The second-order valence-corrected chi connectivity index (χ2v) is 6.80. The number of carboxylic acid groups (broad SMARTS) is 1. The molecule has 1 aromatic carbocycles. The highest BCUT2D eigenvalue weighted by Gasteiger charge is 2.25. The first-order valence-electron chi connectivity index (χ1n) is 8.16. The predicted molar refractivity (Wildman–Crippen MR) is 94.5 cm³/mol. The van der Waals surface area contributed by atoms with Gasteiger partial charge < -0.3 is 20.5 Å². The van der Waals surface area contributed by atoms with Gasteiger partial charge in [0, 0.05) is 17.5 Å². The Kier molecular flexibility index (Phi) is 7.42. The molecule has 7 heteroatoms. The van der Waals surface area contributed by atoms with Crippen LogP contribution in [0.4, 0.5) is 5.69 Å². The summed E-state index contributed by atoms with van der Waals surface area (Å²) < 4.78 is 5.42. The minimum Gasteiger partial charge on any atom is -0.494 e. The molecule has 0 saturated heterocycles. The highest BCUT2D eigenvalue weighted by molar-refractivity contribution is 5.97. The molecule has 7 nitrogen and oxygen atoms in total.